The van der Waals surface area contributed by atoms with Crippen LogP contribution in [0.4, 0.5) is 4.79 Å². The molecule has 6 nitrogen and oxygen atoms in total. The molecule has 3 rings (SSSR count). The molecule has 1 aromatic rings. The summed E-state index contributed by atoms with van der Waals surface area (Å²) in [5.41, 5.74) is 2.85. The van der Waals surface area contributed by atoms with Crippen LogP contribution in [0.1, 0.15) is 31.4 Å². The number of urea groups is 1. The van der Waals surface area contributed by atoms with Crippen LogP contribution in [0.15, 0.2) is 24.3 Å². The van der Waals surface area contributed by atoms with Crippen LogP contribution in [0.2, 0.25) is 0 Å². The molecule has 0 bridgehead atoms. The van der Waals surface area contributed by atoms with E-state index in [-0.39, 0.29) is 18.0 Å². The zero-order valence-corrected chi connectivity index (χ0v) is 15.1. The predicted molar refractivity (Wildman–Crippen MR) is 97.2 cm³/mol. The van der Waals surface area contributed by atoms with Gasteiger partial charge in [0, 0.05) is 45.7 Å². The number of amides is 3. The standard InChI is InChI=1S/C19H28N4O2/c1-3-18(22-9-8-15-6-4-5-7-16(15)11-22)10-20-19(25)23-12-17(13-23)21-14(2)24/h4-7,17-18H,3,8-13H2,1-2H3,(H,20,25)(H,21,24)/t18-/m1/s1. The third-order valence-corrected chi connectivity index (χ3v) is 5.21. The minimum absolute atomic E-state index is 0.0301. The quantitative estimate of drug-likeness (QED) is 0.848. The highest BCUT2D eigenvalue weighted by molar-refractivity contribution is 5.77. The van der Waals surface area contributed by atoms with Crippen molar-refractivity contribution in [2.75, 3.05) is 26.2 Å². The van der Waals surface area contributed by atoms with Gasteiger partial charge < -0.3 is 15.5 Å². The summed E-state index contributed by atoms with van der Waals surface area (Å²) in [5, 5.41) is 5.90. The number of hydrogen-bond acceptors (Lipinski definition) is 3. The first-order valence-electron chi connectivity index (χ1n) is 9.17. The third-order valence-electron chi connectivity index (χ3n) is 5.21. The Kier molecular flexibility index (Phi) is 5.58. The Hall–Kier alpha value is -2.08. The van der Waals surface area contributed by atoms with Gasteiger partial charge in [-0.2, -0.15) is 0 Å². The average Bonchev–Trinajstić information content (AvgIpc) is 2.57. The highest BCUT2D eigenvalue weighted by atomic mass is 16.2. The van der Waals surface area contributed by atoms with Crippen LogP contribution in [0.3, 0.4) is 0 Å². The SMILES string of the molecule is CC[C@H](CNC(=O)N1CC(NC(C)=O)C1)N1CCc2ccccc2C1. The average molecular weight is 344 g/mol. The van der Waals surface area contributed by atoms with E-state index in [9.17, 15) is 9.59 Å². The fraction of sp³-hybridized carbons (Fsp3) is 0.579. The zero-order chi connectivity index (χ0) is 17.8. The van der Waals surface area contributed by atoms with Gasteiger partial charge in [0.1, 0.15) is 0 Å². The zero-order valence-electron chi connectivity index (χ0n) is 15.1. The van der Waals surface area contributed by atoms with E-state index < -0.39 is 0 Å². The summed E-state index contributed by atoms with van der Waals surface area (Å²) in [4.78, 5) is 27.5. The Balaban J connectivity index is 1.46. The molecule has 2 heterocycles. The number of rotatable bonds is 5. The highest BCUT2D eigenvalue weighted by Crippen LogP contribution is 2.21. The number of nitrogens with one attached hydrogen (secondary N) is 2. The maximum atomic E-state index is 12.2. The topological polar surface area (TPSA) is 64.7 Å². The molecule has 1 saturated heterocycles. The number of benzene rings is 1. The molecule has 2 aliphatic heterocycles. The molecular formula is C19H28N4O2. The molecule has 1 aromatic carbocycles. The third kappa shape index (κ3) is 4.31. The minimum atomic E-state index is -0.0403. The van der Waals surface area contributed by atoms with Gasteiger partial charge in [-0.3, -0.25) is 9.69 Å². The summed E-state index contributed by atoms with van der Waals surface area (Å²) in [6, 6.07) is 9.04. The van der Waals surface area contributed by atoms with Gasteiger partial charge >= 0.3 is 6.03 Å². The molecular weight excluding hydrogens is 316 g/mol. The van der Waals surface area contributed by atoms with Crippen LogP contribution in [0, 0.1) is 0 Å². The highest BCUT2D eigenvalue weighted by Gasteiger charge is 2.31. The van der Waals surface area contributed by atoms with E-state index in [1.54, 1.807) is 4.90 Å². The van der Waals surface area contributed by atoms with Crippen molar-refractivity contribution in [3.05, 3.63) is 35.4 Å². The first-order chi connectivity index (χ1) is 12.1. The Bertz CT molecular complexity index is 628. The summed E-state index contributed by atoms with van der Waals surface area (Å²) in [6.45, 7) is 7.54. The molecule has 0 aromatic heterocycles. The molecule has 2 aliphatic rings. The predicted octanol–water partition coefficient (Wildman–Crippen LogP) is 1.35. The van der Waals surface area contributed by atoms with Gasteiger partial charge in [0.05, 0.1) is 6.04 Å². The second-order valence-corrected chi connectivity index (χ2v) is 7.04. The van der Waals surface area contributed by atoms with Crippen molar-refractivity contribution in [2.24, 2.45) is 0 Å². The van der Waals surface area contributed by atoms with Gasteiger partial charge in [0.2, 0.25) is 5.91 Å². The van der Waals surface area contributed by atoms with Crippen molar-refractivity contribution < 1.29 is 9.59 Å². The van der Waals surface area contributed by atoms with Crippen LogP contribution in [-0.4, -0.2) is 60.0 Å². The van der Waals surface area contributed by atoms with Crippen molar-refractivity contribution in [3.8, 4) is 0 Å². The molecule has 1 atom stereocenters. The molecule has 136 valence electrons. The molecule has 6 heteroatoms. The van der Waals surface area contributed by atoms with Gasteiger partial charge in [-0.15, -0.1) is 0 Å². The number of fused-ring (bicyclic) bond motifs is 1. The summed E-state index contributed by atoms with van der Waals surface area (Å²) in [6.07, 6.45) is 2.09. The number of likely N-dealkylation sites (tertiary alicyclic amines) is 1. The smallest absolute Gasteiger partial charge is 0.317 e. The number of nitrogens with zero attached hydrogens (tertiary/aromatic N) is 2. The minimum Gasteiger partial charge on any atom is -0.350 e. The Morgan fingerprint density at radius 3 is 2.64 bits per heavy atom. The maximum Gasteiger partial charge on any atom is 0.317 e. The van der Waals surface area contributed by atoms with Crippen molar-refractivity contribution >= 4 is 11.9 Å². The number of carbonyl (C=O) groups is 2. The molecule has 0 spiro atoms. The molecule has 0 aliphatic carbocycles. The Morgan fingerprint density at radius 2 is 1.96 bits per heavy atom. The van der Waals surface area contributed by atoms with Crippen molar-refractivity contribution in [1.82, 2.24) is 20.4 Å². The Labute approximate surface area is 149 Å². The summed E-state index contributed by atoms with van der Waals surface area (Å²) in [5.74, 6) is -0.0403. The molecule has 3 amide bonds. The van der Waals surface area contributed by atoms with Crippen LogP contribution in [0.5, 0.6) is 0 Å². The maximum absolute atomic E-state index is 12.2. The van der Waals surface area contributed by atoms with Gasteiger partial charge in [0.15, 0.2) is 0 Å². The van der Waals surface area contributed by atoms with Crippen LogP contribution in [0.25, 0.3) is 0 Å². The second-order valence-electron chi connectivity index (χ2n) is 7.04. The van der Waals surface area contributed by atoms with E-state index in [4.69, 9.17) is 0 Å². The van der Waals surface area contributed by atoms with E-state index >= 15 is 0 Å². The molecule has 1 fully saturated rings. The second kappa shape index (κ2) is 7.87. The summed E-state index contributed by atoms with van der Waals surface area (Å²) >= 11 is 0. The van der Waals surface area contributed by atoms with E-state index in [0.717, 1.165) is 25.9 Å². The summed E-state index contributed by atoms with van der Waals surface area (Å²) in [7, 11) is 0. The fourth-order valence-electron chi connectivity index (χ4n) is 3.70. The Morgan fingerprint density at radius 1 is 1.24 bits per heavy atom. The van der Waals surface area contributed by atoms with Gasteiger partial charge in [0.25, 0.3) is 0 Å². The lowest BCUT2D eigenvalue weighted by molar-refractivity contribution is -0.120. The number of carbonyl (C=O) groups excluding carboxylic acids is 2. The molecule has 25 heavy (non-hydrogen) atoms. The van der Waals surface area contributed by atoms with E-state index in [0.29, 0.717) is 25.7 Å². The largest absolute Gasteiger partial charge is 0.350 e. The normalized spacial score (nSPS) is 18.9. The van der Waals surface area contributed by atoms with Crippen molar-refractivity contribution in [1.29, 1.82) is 0 Å². The lowest BCUT2D eigenvalue weighted by Gasteiger charge is -2.40. The molecule has 0 saturated carbocycles. The first-order valence-corrected chi connectivity index (χ1v) is 9.17. The molecule has 0 radical (unpaired) electrons. The lowest BCUT2D eigenvalue weighted by Crippen LogP contribution is -2.63. The van der Waals surface area contributed by atoms with Crippen molar-refractivity contribution in [2.45, 2.75) is 45.3 Å². The number of hydrogen-bond donors (Lipinski definition) is 2. The van der Waals surface area contributed by atoms with E-state index in [1.807, 2.05) is 0 Å². The van der Waals surface area contributed by atoms with Crippen LogP contribution >= 0.6 is 0 Å². The lowest BCUT2D eigenvalue weighted by atomic mass is 9.98. The fourth-order valence-corrected chi connectivity index (χ4v) is 3.70. The monoisotopic (exact) mass is 344 g/mol. The van der Waals surface area contributed by atoms with E-state index in [1.165, 1.54) is 18.1 Å². The van der Waals surface area contributed by atoms with Gasteiger partial charge in [-0.1, -0.05) is 31.2 Å². The first kappa shape index (κ1) is 17.7. The van der Waals surface area contributed by atoms with Gasteiger partial charge in [-0.25, -0.2) is 4.79 Å². The van der Waals surface area contributed by atoms with E-state index in [2.05, 4.69) is 46.7 Å². The van der Waals surface area contributed by atoms with Gasteiger partial charge in [-0.05, 0) is 24.0 Å². The molecule has 2 N–H and O–H groups in total. The summed E-state index contributed by atoms with van der Waals surface area (Å²) < 4.78 is 0. The van der Waals surface area contributed by atoms with Crippen molar-refractivity contribution in [3.63, 3.8) is 0 Å². The van der Waals surface area contributed by atoms with Crippen LogP contribution < -0.4 is 10.6 Å². The van der Waals surface area contributed by atoms with Crippen LogP contribution in [-0.2, 0) is 17.8 Å². The molecule has 0 unspecified atom stereocenters.